The van der Waals surface area contributed by atoms with Crippen molar-refractivity contribution in [3.8, 4) is 0 Å². The summed E-state index contributed by atoms with van der Waals surface area (Å²) < 4.78 is 14.6. The van der Waals surface area contributed by atoms with Crippen LogP contribution in [-0.2, 0) is 9.47 Å². The maximum atomic E-state index is 6.46. The lowest BCUT2D eigenvalue weighted by molar-refractivity contribution is -0.0427. The van der Waals surface area contributed by atoms with E-state index in [1.807, 2.05) is 6.20 Å². The Morgan fingerprint density at radius 1 is 1.10 bits per heavy atom. The van der Waals surface area contributed by atoms with Gasteiger partial charge in [-0.3, -0.25) is 0 Å². The van der Waals surface area contributed by atoms with Crippen LogP contribution in [0.25, 0.3) is 0 Å². The predicted molar refractivity (Wildman–Crippen MR) is 124 cm³/mol. The zero-order chi connectivity index (χ0) is 21.5. The van der Waals surface area contributed by atoms with Gasteiger partial charge in [-0.2, -0.15) is 5.10 Å². The number of benzene rings is 1. The number of rotatable bonds is 9. The standard InChI is InChI=1S/C26H39N3O2/c1-3-23(25-16-17-28-29(25)26-11-7-8-18-30-26)24(27-2)19-31-22-14-12-21(13-15-22)20-9-5-4-6-10-20/h4-6,9-10,16-17,21-24,26-27H,3,7-8,11-15,18-19H2,1-2H3/t21?,22?,23?,24-,26?/m0/s1. The number of ether oxygens (including phenoxy) is 2. The first-order valence-electron chi connectivity index (χ1n) is 12.3. The topological polar surface area (TPSA) is 48.3 Å². The van der Waals surface area contributed by atoms with E-state index in [2.05, 4.69) is 65.5 Å². The Kier molecular flexibility index (Phi) is 8.17. The van der Waals surface area contributed by atoms with Crippen LogP contribution < -0.4 is 5.32 Å². The molecule has 3 atom stereocenters. The van der Waals surface area contributed by atoms with Gasteiger partial charge in [-0.25, -0.2) is 4.68 Å². The molecule has 1 aromatic heterocycles. The summed E-state index contributed by atoms with van der Waals surface area (Å²) in [4.78, 5) is 0. The number of likely N-dealkylation sites (N-methyl/N-ethyl adjacent to an activating group) is 1. The second kappa shape index (κ2) is 11.3. The third-order valence-corrected chi connectivity index (χ3v) is 7.26. The fourth-order valence-electron chi connectivity index (χ4n) is 5.40. The van der Waals surface area contributed by atoms with Gasteiger partial charge in [-0.05, 0) is 76.0 Å². The molecule has 0 radical (unpaired) electrons. The summed E-state index contributed by atoms with van der Waals surface area (Å²) in [5.74, 6) is 1.05. The fraction of sp³-hybridized carbons (Fsp3) is 0.654. The molecule has 0 spiro atoms. The molecule has 31 heavy (non-hydrogen) atoms. The van der Waals surface area contributed by atoms with E-state index in [0.29, 0.717) is 17.9 Å². The van der Waals surface area contributed by atoms with Crippen LogP contribution in [0, 0.1) is 0 Å². The van der Waals surface area contributed by atoms with Gasteiger partial charge in [0.2, 0.25) is 0 Å². The SMILES string of the molecule is CCC(c1ccnn1C1CCCCO1)[C@H](COC1CCC(c2ccccc2)CC1)NC. The van der Waals surface area contributed by atoms with E-state index < -0.39 is 0 Å². The van der Waals surface area contributed by atoms with Crippen LogP contribution >= 0.6 is 0 Å². The first-order valence-corrected chi connectivity index (χ1v) is 12.3. The Hall–Kier alpha value is -1.69. The molecule has 1 aliphatic heterocycles. The van der Waals surface area contributed by atoms with E-state index in [1.54, 1.807) is 0 Å². The maximum absolute atomic E-state index is 6.46. The Labute approximate surface area is 187 Å². The van der Waals surface area contributed by atoms with Crippen molar-refractivity contribution in [2.24, 2.45) is 0 Å². The highest BCUT2D eigenvalue weighted by Crippen LogP contribution is 2.35. The van der Waals surface area contributed by atoms with Crippen molar-refractivity contribution in [3.05, 3.63) is 53.9 Å². The van der Waals surface area contributed by atoms with E-state index in [-0.39, 0.29) is 12.3 Å². The number of hydrogen-bond donors (Lipinski definition) is 1. The minimum absolute atomic E-state index is 0.0829. The highest BCUT2D eigenvalue weighted by Gasteiger charge is 2.29. The summed E-state index contributed by atoms with van der Waals surface area (Å²) >= 11 is 0. The van der Waals surface area contributed by atoms with Gasteiger partial charge < -0.3 is 14.8 Å². The molecule has 2 aromatic rings. The maximum Gasteiger partial charge on any atom is 0.150 e. The third-order valence-electron chi connectivity index (χ3n) is 7.26. The molecule has 2 unspecified atom stereocenters. The van der Waals surface area contributed by atoms with Crippen molar-refractivity contribution in [2.45, 2.75) is 88.5 Å². The van der Waals surface area contributed by atoms with Crippen molar-refractivity contribution >= 4 is 0 Å². The zero-order valence-corrected chi connectivity index (χ0v) is 19.2. The summed E-state index contributed by atoms with van der Waals surface area (Å²) in [6, 6.07) is 13.4. The summed E-state index contributed by atoms with van der Waals surface area (Å²) in [6.07, 6.45) is 11.6. The Bertz CT molecular complexity index is 764. The molecular formula is C26H39N3O2. The second-order valence-corrected chi connectivity index (χ2v) is 9.15. The molecule has 5 nitrogen and oxygen atoms in total. The number of aromatic nitrogens is 2. The Morgan fingerprint density at radius 3 is 2.58 bits per heavy atom. The predicted octanol–water partition coefficient (Wildman–Crippen LogP) is 5.41. The molecule has 170 valence electrons. The van der Waals surface area contributed by atoms with Crippen LogP contribution in [0.1, 0.15) is 87.6 Å². The lowest BCUT2D eigenvalue weighted by atomic mass is 9.83. The Morgan fingerprint density at radius 2 is 1.90 bits per heavy atom. The van der Waals surface area contributed by atoms with Gasteiger partial charge in [0.1, 0.15) is 6.23 Å². The number of nitrogens with zero attached hydrogens (tertiary/aromatic N) is 2. The summed E-state index contributed by atoms with van der Waals surface area (Å²) in [5.41, 5.74) is 2.75. The molecular weight excluding hydrogens is 386 g/mol. The summed E-state index contributed by atoms with van der Waals surface area (Å²) in [5, 5.41) is 8.17. The molecule has 4 rings (SSSR count). The van der Waals surface area contributed by atoms with E-state index in [9.17, 15) is 0 Å². The summed E-state index contributed by atoms with van der Waals surface area (Å²) in [6.45, 7) is 3.84. The van der Waals surface area contributed by atoms with Gasteiger partial charge in [-0.15, -0.1) is 0 Å². The average Bonchev–Trinajstić information content (AvgIpc) is 3.33. The molecule has 2 aliphatic rings. The van der Waals surface area contributed by atoms with Crippen LogP contribution in [0.15, 0.2) is 42.6 Å². The van der Waals surface area contributed by atoms with Crippen molar-refractivity contribution < 1.29 is 9.47 Å². The van der Waals surface area contributed by atoms with Gasteiger partial charge in [0.25, 0.3) is 0 Å². The van der Waals surface area contributed by atoms with Gasteiger partial charge in [-0.1, -0.05) is 37.3 Å². The van der Waals surface area contributed by atoms with E-state index in [4.69, 9.17) is 9.47 Å². The van der Waals surface area contributed by atoms with Gasteiger partial charge in [0.05, 0.1) is 12.7 Å². The van der Waals surface area contributed by atoms with E-state index in [0.717, 1.165) is 45.3 Å². The van der Waals surface area contributed by atoms with Crippen LogP contribution in [0.3, 0.4) is 0 Å². The van der Waals surface area contributed by atoms with Crippen LogP contribution in [0.5, 0.6) is 0 Å². The lowest BCUT2D eigenvalue weighted by Crippen LogP contribution is -2.39. The molecule has 2 heterocycles. The van der Waals surface area contributed by atoms with Crippen molar-refractivity contribution in [3.63, 3.8) is 0 Å². The summed E-state index contributed by atoms with van der Waals surface area (Å²) in [7, 11) is 2.06. The van der Waals surface area contributed by atoms with Crippen LogP contribution in [0.2, 0.25) is 0 Å². The average molecular weight is 426 g/mol. The molecule has 1 aliphatic carbocycles. The zero-order valence-electron chi connectivity index (χ0n) is 19.2. The van der Waals surface area contributed by atoms with Gasteiger partial charge >= 0.3 is 0 Å². The molecule has 1 saturated heterocycles. The molecule has 0 amide bonds. The van der Waals surface area contributed by atoms with Crippen molar-refractivity contribution in [1.82, 2.24) is 15.1 Å². The number of nitrogens with one attached hydrogen (secondary N) is 1. The fourth-order valence-corrected chi connectivity index (χ4v) is 5.40. The largest absolute Gasteiger partial charge is 0.377 e. The molecule has 1 saturated carbocycles. The third kappa shape index (κ3) is 5.57. The quantitative estimate of drug-likeness (QED) is 0.584. The monoisotopic (exact) mass is 425 g/mol. The first kappa shape index (κ1) is 22.5. The highest BCUT2D eigenvalue weighted by molar-refractivity contribution is 5.20. The van der Waals surface area contributed by atoms with Gasteiger partial charge in [0, 0.05) is 30.5 Å². The van der Waals surface area contributed by atoms with Crippen LogP contribution in [-0.4, -0.2) is 42.2 Å². The Balaban J connectivity index is 1.33. The van der Waals surface area contributed by atoms with E-state index >= 15 is 0 Å². The smallest absolute Gasteiger partial charge is 0.150 e. The van der Waals surface area contributed by atoms with E-state index in [1.165, 1.54) is 30.5 Å². The molecule has 5 heteroatoms. The molecule has 1 N–H and O–H groups in total. The highest BCUT2D eigenvalue weighted by atomic mass is 16.5. The minimum atomic E-state index is 0.0829. The molecule has 0 bridgehead atoms. The minimum Gasteiger partial charge on any atom is -0.377 e. The number of hydrogen-bond acceptors (Lipinski definition) is 4. The normalized spacial score (nSPS) is 26.5. The van der Waals surface area contributed by atoms with Crippen LogP contribution in [0.4, 0.5) is 0 Å². The van der Waals surface area contributed by atoms with Crippen molar-refractivity contribution in [2.75, 3.05) is 20.3 Å². The van der Waals surface area contributed by atoms with Crippen molar-refractivity contribution in [1.29, 1.82) is 0 Å². The lowest BCUT2D eigenvalue weighted by Gasteiger charge is -2.33. The first-order chi connectivity index (χ1) is 15.3. The molecule has 2 fully saturated rings. The second-order valence-electron chi connectivity index (χ2n) is 9.15. The van der Waals surface area contributed by atoms with Gasteiger partial charge in [0.15, 0.2) is 0 Å². The molecule has 1 aromatic carbocycles.